The molecule has 0 amide bonds. The average molecular weight is 375 g/mol. The van der Waals surface area contributed by atoms with Gasteiger partial charge in [0.25, 0.3) is 0 Å². The van der Waals surface area contributed by atoms with E-state index in [1.54, 1.807) is 0 Å². The molecule has 0 aromatic heterocycles. The smallest absolute Gasteiger partial charge is 0.310 e. The lowest BCUT2D eigenvalue weighted by atomic mass is 9.96. The van der Waals surface area contributed by atoms with Crippen LogP contribution in [0.3, 0.4) is 0 Å². The van der Waals surface area contributed by atoms with Crippen molar-refractivity contribution in [1.29, 1.82) is 0 Å². The van der Waals surface area contributed by atoms with Crippen LogP contribution in [-0.4, -0.2) is 19.1 Å². The van der Waals surface area contributed by atoms with Crippen molar-refractivity contribution in [3.8, 4) is 0 Å². The highest BCUT2D eigenvalue weighted by molar-refractivity contribution is 14.1. The molecule has 0 fully saturated rings. The summed E-state index contributed by atoms with van der Waals surface area (Å²) >= 11 is 2.29. The zero-order chi connectivity index (χ0) is 14.3. The summed E-state index contributed by atoms with van der Waals surface area (Å²) in [6, 6.07) is 8.37. The lowest BCUT2D eigenvalue weighted by molar-refractivity contribution is -0.149. The van der Waals surface area contributed by atoms with Gasteiger partial charge in [0.05, 0.1) is 12.5 Å². The van der Waals surface area contributed by atoms with Crippen molar-refractivity contribution in [2.75, 3.05) is 13.2 Å². The van der Waals surface area contributed by atoms with Gasteiger partial charge in [0.1, 0.15) is 0 Å². The molecule has 3 nitrogen and oxygen atoms in total. The van der Waals surface area contributed by atoms with E-state index >= 15 is 0 Å². The Hall–Kier alpha value is -0.620. The van der Waals surface area contributed by atoms with Gasteiger partial charge in [-0.15, -0.1) is 0 Å². The molecule has 1 atom stereocenters. The third kappa shape index (κ3) is 5.91. The number of halogens is 1. The number of benzene rings is 1. The molecule has 0 aliphatic carbocycles. The molecule has 0 bridgehead atoms. The van der Waals surface area contributed by atoms with Crippen molar-refractivity contribution < 1.29 is 9.53 Å². The van der Waals surface area contributed by atoms with E-state index < -0.39 is 0 Å². The van der Waals surface area contributed by atoms with Crippen molar-refractivity contribution in [2.45, 2.75) is 27.3 Å². The summed E-state index contributed by atoms with van der Waals surface area (Å²) in [5.41, 5.74) is 1.23. The van der Waals surface area contributed by atoms with Crippen LogP contribution < -0.4 is 5.32 Å². The number of ether oxygens (including phenoxy) is 1. The summed E-state index contributed by atoms with van der Waals surface area (Å²) in [6.45, 7) is 7.82. The summed E-state index contributed by atoms with van der Waals surface area (Å²) in [4.78, 5) is 11.8. The maximum Gasteiger partial charge on any atom is 0.310 e. The number of rotatable bonds is 7. The standard InChI is InChI=1S/C15H22INO2/c1-4-19-15(18)14(11(2)3)10-17-9-12-5-7-13(16)8-6-12/h5-8,11,14,17H,4,9-10H2,1-3H3. The summed E-state index contributed by atoms with van der Waals surface area (Å²) in [7, 11) is 0. The highest BCUT2D eigenvalue weighted by Gasteiger charge is 2.22. The fourth-order valence-corrected chi connectivity index (χ4v) is 2.17. The van der Waals surface area contributed by atoms with E-state index in [0.717, 1.165) is 6.54 Å². The molecule has 4 heteroatoms. The van der Waals surface area contributed by atoms with E-state index in [4.69, 9.17) is 4.74 Å². The normalized spacial score (nSPS) is 12.5. The molecule has 0 heterocycles. The predicted octanol–water partition coefficient (Wildman–Crippen LogP) is 3.22. The molecule has 0 saturated heterocycles. The zero-order valence-electron chi connectivity index (χ0n) is 11.8. The van der Waals surface area contributed by atoms with Gasteiger partial charge in [0.15, 0.2) is 0 Å². The number of carbonyl (C=O) groups excluding carboxylic acids is 1. The van der Waals surface area contributed by atoms with E-state index in [0.29, 0.717) is 13.2 Å². The first kappa shape index (κ1) is 16.4. The summed E-state index contributed by atoms with van der Waals surface area (Å²) < 4.78 is 6.33. The van der Waals surface area contributed by atoms with Gasteiger partial charge in [0, 0.05) is 16.7 Å². The Balaban J connectivity index is 2.44. The van der Waals surface area contributed by atoms with Gasteiger partial charge < -0.3 is 10.1 Å². The highest BCUT2D eigenvalue weighted by atomic mass is 127. The van der Waals surface area contributed by atoms with Gasteiger partial charge in [-0.1, -0.05) is 26.0 Å². The van der Waals surface area contributed by atoms with Gasteiger partial charge in [-0.25, -0.2) is 0 Å². The lowest BCUT2D eigenvalue weighted by Crippen LogP contribution is -2.33. The maximum atomic E-state index is 11.8. The largest absolute Gasteiger partial charge is 0.466 e. The first-order valence-corrected chi connectivity index (χ1v) is 7.74. The Morgan fingerprint density at radius 3 is 2.47 bits per heavy atom. The van der Waals surface area contributed by atoms with Crippen LogP contribution >= 0.6 is 22.6 Å². The van der Waals surface area contributed by atoms with Crippen LogP contribution in [-0.2, 0) is 16.1 Å². The van der Waals surface area contributed by atoms with Crippen molar-refractivity contribution >= 4 is 28.6 Å². The minimum Gasteiger partial charge on any atom is -0.466 e. The number of hydrogen-bond acceptors (Lipinski definition) is 3. The Labute approximate surface area is 129 Å². The van der Waals surface area contributed by atoms with Gasteiger partial charge in [-0.05, 0) is 53.1 Å². The first-order chi connectivity index (χ1) is 9.04. The van der Waals surface area contributed by atoms with E-state index in [2.05, 4.69) is 52.2 Å². The Morgan fingerprint density at radius 2 is 1.95 bits per heavy atom. The molecule has 106 valence electrons. The second-order valence-corrected chi connectivity index (χ2v) is 6.11. The first-order valence-electron chi connectivity index (χ1n) is 6.66. The number of nitrogens with one attached hydrogen (secondary N) is 1. The van der Waals surface area contributed by atoms with Gasteiger partial charge in [-0.3, -0.25) is 4.79 Å². The molecular formula is C15H22INO2. The fourth-order valence-electron chi connectivity index (χ4n) is 1.81. The third-order valence-electron chi connectivity index (χ3n) is 3.00. The molecular weight excluding hydrogens is 353 g/mol. The van der Waals surface area contributed by atoms with Crippen LogP contribution in [0.2, 0.25) is 0 Å². The molecule has 1 aromatic rings. The molecule has 0 aliphatic heterocycles. The van der Waals surface area contributed by atoms with Crippen LogP contribution in [0.4, 0.5) is 0 Å². The van der Waals surface area contributed by atoms with Crippen molar-refractivity contribution in [3.63, 3.8) is 0 Å². The van der Waals surface area contributed by atoms with E-state index in [9.17, 15) is 4.79 Å². The highest BCUT2D eigenvalue weighted by Crippen LogP contribution is 2.12. The second-order valence-electron chi connectivity index (χ2n) is 4.86. The molecule has 0 saturated carbocycles. The molecule has 1 unspecified atom stereocenters. The van der Waals surface area contributed by atoms with Crippen molar-refractivity contribution in [2.24, 2.45) is 11.8 Å². The number of hydrogen-bond donors (Lipinski definition) is 1. The molecule has 0 spiro atoms. The zero-order valence-corrected chi connectivity index (χ0v) is 13.9. The van der Waals surface area contributed by atoms with Gasteiger partial charge >= 0.3 is 5.97 Å². The quantitative estimate of drug-likeness (QED) is 0.588. The fraction of sp³-hybridized carbons (Fsp3) is 0.533. The Morgan fingerprint density at radius 1 is 1.32 bits per heavy atom. The van der Waals surface area contributed by atoms with Gasteiger partial charge in [-0.2, -0.15) is 0 Å². The summed E-state index contributed by atoms with van der Waals surface area (Å²) in [5, 5.41) is 3.34. The molecule has 19 heavy (non-hydrogen) atoms. The van der Waals surface area contributed by atoms with Crippen LogP contribution in [0, 0.1) is 15.4 Å². The minimum absolute atomic E-state index is 0.0798. The SMILES string of the molecule is CCOC(=O)C(CNCc1ccc(I)cc1)C(C)C. The summed E-state index contributed by atoms with van der Waals surface area (Å²) in [6.07, 6.45) is 0. The molecule has 1 rings (SSSR count). The number of esters is 1. The van der Waals surface area contributed by atoms with E-state index in [-0.39, 0.29) is 17.8 Å². The third-order valence-corrected chi connectivity index (χ3v) is 3.72. The topological polar surface area (TPSA) is 38.3 Å². The van der Waals surface area contributed by atoms with Crippen molar-refractivity contribution in [1.82, 2.24) is 5.32 Å². The lowest BCUT2D eigenvalue weighted by Gasteiger charge is -2.19. The monoisotopic (exact) mass is 375 g/mol. The van der Waals surface area contributed by atoms with Crippen molar-refractivity contribution in [3.05, 3.63) is 33.4 Å². The molecule has 1 N–H and O–H groups in total. The average Bonchev–Trinajstić information content (AvgIpc) is 2.36. The predicted molar refractivity (Wildman–Crippen MR) is 85.8 cm³/mol. The van der Waals surface area contributed by atoms with Gasteiger partial charge in [0.2, 0.25) is 0 Å². The molecule has 0 radical (unpaired) electrons. The number of carbonyl (C=O) groups is 1. The van der Waals surface area contributed by atoms with E-state index in [1.807, 2.05) is 20.8 Å². The Kier molecular flexibility index (Phi) is 7.38. The Bertz CT molecular complexity index is 390. The van der Waals surface area contributed by atoms with Crippen LogP contribution in [0.15, 0.2) is 24.3 Å². The minimum atomic E-state index is -0.104. The maximum absolute atomic E-state index is 11.8. The van der Waals surface area contributed by atoms with Crippen LogP contribution in [0.25, 0.3) is 0 Å². The summed E-state index contributed by atoms with van der Waals surface area (Å²) in [5.74, 6) is 0.0969. The van der Waals surface area contributed by atoms with Crippen LogP contribution in [0.5, 0.6) is 0 Å². The molecule has 0 aliphatic rings. The van der Waals surface area contributed by atoms with Crippen LogP contribution in [0.1, 0.15) is 26.3 Å². The molecule has 1 aromatic carbocycles. The van der Waals surface area contributed by atoms with E-state index in [1.165, 1.54) is 9.13 Å². The second kappa shape index (κ2) is 8.53.